The van der Waals surface area contributed by atoms with Gasteiger partial charge in [0.15, 0.2) is 5.78 Å². The van der Waals surface area contributed by atoms with Crippen LogP contribution in [-0.2, 0) is 19.6 Å². The van der Waals surface area contributed by atoms with Gasteiger partial charge in [0.1, 0.15) is 12.4 Å². The molecule has 10 nitrogen and oxygen atoms in total. The molecule has 2 aliphatic rings. The summed E-state index contributed by atoms with van der Waals surface area (Å²) in [5.74, 6) is 1.40. The van der Waals surface area contributed by atoms with Gasteiger partial charge >= 0.3 is 0 Å². The number of nitro groups is 2. The number of hydrogen-bond acceptors (Lipinski definition) is 8. The standard InChI is InChI=1S/C31H34N4O6.2ClH/c36-30(26-7-9-31-27(18-26)22-33(14-15-41-31)20-24-4-2-1-3-5-24)8-6-23-10-12-32(13-11-23)21-25-16-28(34(37)38)19-29(17-25)35(39)40;;/h1-5,7,9,16-19,23H,6,8,10-15,20-22H2;2*1H. The molecule has 0 bridgehead atoms. The highest BCUT2D eigenvalue weighted by Crippen LogP contribution is 2.29. The molecule has 0 aromatic heterocycles. The summed E-state index contributed by atoms with van der Waals surface area (Å²) >= 11 is 0. The second-order valence-corrected chi connectivity index (χ2v) is 10.9. The van der Waals surface area contributed by atoms with Crippen molar-refractivity contribution < 1.29 is 19.4 Å². The van der Waals surface area contributed by atoms with Gasteiger partial charge in [-0.15, -0.1) is 24.8 Å². The molecule has 3 aromatic carbocycles. The van der Waals surface area contributed by atoms with Gasteiger partial charge < -0.3 is 4.74 Å². The lowest BCUT2D eigenvalue weighted by Gasteiger charge is -2.31. The summed E-state index contributed by atoms with van der Waals surface area (Å²) in [5, 5.41) is 22.4. The molecule has 0 amide bonds. The van der Waals surface area contributed by atoms with Gasteiger partial charge in [0.05, 0.1) is 15.9 Å². The van der Waals surface area contributed by atoms with Crippen LogP contribution in [0.2, 0.25) is 0 Å². The molecule has 12 heteroatoms. The lowest BCUT2D eigenvalue weighted by molar-refractivity contribution is -0.394. The predicted octanol–water partition coefficient (Wildman–Crippen LogP) is 6.62. The zero-order valence-corrected chi connectivity index (χ0v) is 25.4. The number of halogens is 2. The Hall–Kier alpha value is -3.57. The number of hydrogen-bond donors (Lipinski definition) is 0. The van der Waals surface area contributed by atoms with Crippen molar-refractivity contribution in [3.05, 3.63) is 109 Å². The Morgan fingerprint density at radius 2 is 1.47 bits per heavy atom. The number of ketones is 1. The van der Waals surface area contributed by atoms with E-state index in [1.165, 1.54) is 17.7 Å². The normalized spacial score (nSPS) is 15.6. The fraction of sp³-hybridized carbons (Fsp3) is 0.387. The Labute approximate surface area is 263 Å². The van der Waals surface area contributed by atoms with E-state index >= 15 is 0 Å². The first-order valence-electron chi connectivity index (χ1n) is 14.0. The van der Waals surface area contributed by atoms with Gasteiger partial charge in [-0.1, -0.05) is 30.3 Å². The fourth-order valence-electron chi connectivity index (χ4n) is 5.73. The first kappa shape index (κ1) is 33.9. The van der Waals surface area contributed by atoms with E-state index < -0.39 is 9.85 Å². The third kappa shape index (κ3) is 9.21. The van der Waals surface area contributed by atoms with Crippen LogP contribution in [-0.4, -0.2) is 51.7 Å². The zero-order chi connectivity index (χ0) is 28.8. The summed E-state index contributed by atoms with van der Waals surface area (Å²) in [6, 6.07) is 19.9. The summed E-state index contributed by atoms with van der Waals surface area (Å²) in [6.45, 7) is 4.99. The molecule has 5 rings (SSSR count). The molecule has 0 unspecified atom stereocenters. The van der Waals surface area contributed by atoms with E-state index in [0.29, 0.717) is 31.1 Å². The molecular weight excluding hydrogens is 595 g/mol. The first-order valence-corrected chi connectivity index (χ1v) is 14.0. The number of carbonyl (C=O) groups excluding carboxylic acids is 1. The van der Waals surface area contributed by atoms with Crippen molar-refractivity contribution in [1.29, 1.82) is 0 Å². The molecule has 43 heavy (non-hydrogen) atoms. The maximum Gasteiger partial charge on any atom is 0.276 e. The van der Waals surface area contributed by atoms with Crippen LogP contribution in [0.1, 0.15) is 52.7 Å². The lowest BCUT2D eigenvalue weighted by atomic mass is 9.90. The van der Waals surface area contributed by atoms with Gasteiger partial charge in [-0.3, -0.25) is 34.8 Å². The molecular formula is C31H36Cl2N4O6. The van der Waals surface area contributed by atoms with E-state index in [4.69, 9.17) is 4.74 Å². The summed E-state index contributed by atoms with van der Waals surface area (Å²) in [6.07, 6.45) is 3.12. The number of ether oxygens (including phenoxy) is 1. The summed E-state index contributed by atoms with van der Waals surface area (Å²) in [5.41, 5.74) is 3.04. The minimum Gasteiger partial charge on any atom is -0.492 e. The molecule has 0 aliphatic carbocycles. The molecule has 1 saturated heterocycles. The van der Waals surface area contributed by atoms with Crippen LogP contribution in [0.4, 0.5) is 11.4 Å². The smallest absolute Gasteiger partial charge is 0.276 e. The number of piperidine rings is 1. The summed E-state index contributed by atoms with van der Waals surface area (Å²) < 4.78 is 5.97. The number of rotatable bonds is 10. The highest BCUT2D eigenvalue weighted by Gasteiger charge is 2.23. The van der Waals surface area contributed by atoms with Crippen LogP contribution in [0, 0.1) is 26.1 Å². The van der Waals surface area contributed by atoms with Crippen molar-refractivity contribution in [2.24, 2.45) is 5.92 Å². The molecule has 2 heterocycles. The number of benzene rings is 3. The molecule has 0 N–H and O–H groups in total. The molecule has 3 aromatic rings. The third-order valence-electron chi connectivity index (χ3n) is 7.97. The highest BCUT2D eigenvalue weighted by atomic mass is 35.5. The lowest BCUT2D eigenvalue weighted by Crippen LogP contribution is -2.33. The maximum absolute atomic E-state index is 13.1. The third-order valence-corrected chi connectivity index (χ3v) is 7.97. The van der Waals surface area contributed by atoms with Crippen LogP contribution in [0.25, 0.3) is 0 Å². The quantitative estimate of drug-likeness (QED) is 0.139. The van der Waals surface area contributed by atoms with Crippen molar-refractivity contribution in [2.75, 3.05) is 26.2 Å². The van der Waals surface area contributed by atoms with Crippen molar-refractivity contribution in [3.63, 3.8) is 0 Å². The summed E-state index contributed by atoms with van der Waals surface area (Å²) in [7, 11) is 0. The number of Topliss-reactive ketones (excluding diaryl/α,β-unsaturated/α-hetero) is 1. The van der Waals surface area contributed by atoms with Gasteiger partial charge in [-0.2, -0.15) is 0 Å². The maximum atomic E-state index is 13.1. The molecule has 230 valence electrons. The molecule has 0 saturated carbocycles. The van der Waals surface area contributed by atoms with Crippen molar-refractivity contribution in [1.82, 2.24) is 9.80 Å². The van der Waals surface area contributed by atoms with Gasteiger partial charge in [0.25, 0.3) is 11.4 Å². The van der Waals surface area contributed by atoms with Gasteiger partial charge in [-0.25, -0.2) is 0 Å². The molecule has 2 aliphatic heterocycles. The molecule has 0 spiro atoms. The number of likely N-dealkylation sites (tertiary alicyclic amines) is 1. The number of nitro benzene ring substituents is 2. The number of non-ortho nitro benzene ring substituents is 2. The predicted molar refractivity (Wildman–Crippen MR) is 168 cm³/mol. The van der Waals surface area contributed by atoms with Gasteiger partial charge in [-0.05, 0) is 67.6 Å². The Balaban J connectivity index is 0.00000253. The van der Waals surface area contributed by atoms with Gasteiger partial charge in [0, 0.05) is 55.9 Å². The number of nitrogens with zero attached hydrogens (tertiary/aromatic N) is 4. The van der Waals surface area contributed by atoms with E-state index in [1.54, 1.807) is 0 Å². The fourth-order valence-corrected chi connectivity index (χ4v) is 5.73. The van der Waals surface area contributed by atoms with E-state index in [9.17, 15) is 25.0 Å². The Bertz CT molecular complexity index is 1380. The average molecular weight is 632 g/mol. The van der Waals surface area contributed by atoms with Crippen LogP contribution in [0.15, 0.2) is 66.7 Å². The minimum atomic E-state index is -0.600. The van der Waals surface area contributed by atoms with Crippen molar-refractivity contribution in [3.8, 4) is 5.75 Å². The Morgan fingerprint density at radius 3 is 2.12 bits per heavy atom. The Morgan fingerprint density at radius 1 is 0.814 bits per heavy atom. The monoisotopic (exact) mass is 630 g/mol. The molecule has 0 radical (unpaired) electrons. The minimum absolute atomic E-state index is 0. The van der Waals surface area contributed by atoms with Crippen LogP contribution >= 0.6 is 24.8 Å². The average Bonchev–Trinajstić information content (AvgIpc) is 3.18. The van der Waals surface area contributed by atoms with Crippen LogP contribution in [0.3, 0.4) is 0 Å². The largest absolute Gasteiger partial charge is 0.492 e. The number of fused-ring (bicyclic) bond motifs is 1. The zero-order valence-electron chi connectivity index (χ0n) is 23.8. The second-order valence-electron chi connectivity index (χ2n) is 10.9. The Kier molecular flexibility index (Phi) is 12.4. The van der Waals surface area contributed by atoms with Crippen molar-refractivity contribution >= 4 is 42.0 Å². The molecule has 0 atom stereocenters. The number of carbonyl (C=O) groups is 1. The van der Waals surface area contributed by atoms with E-state index in [0.717, 1.165) is 74.9 Å². The van der Waals surface area contributed by atoms with E-state index in [1.807, 2.05) is 36.4 Å². The summed E-state index contributed by atoms with van der Waals surface area (Å²) in [4.78, 5) is 38.8. The molecule has 1 fully saturated rings. The first-order chi connectivity index (χ1) is 19.8. The van der Waals surface area contributed by atoms with Crippen molar-refractivity contribution in [2.45, 2.75) is 45.3 Å². The topological polar surface area (TPSA) is 119 Å². The van der Waals surface area contributed by atoms with E-state index in [-0.39, 0.29) is 42.0 Å². The van der Waals surface area contributed by atoms with E-state index in [2.05, 4.69) is 21.9 Å². The van der Waals surface area contributed by atoms with Crippen LogP contribution < -0.4 is 4.74 Å². The highest BCUT2D eigenvalue weighted by molar-refractivity contribution is 5.96. The van der Waals surface area contributed by atoms with Gasteiger partial charge in [0.2, 0.25) is 0 Å². The van der Waals surface area contributed by atoms with Crippen LogP contribution in [0.5, 0.6) is 5.75 Å². The second kappa shape index (κ2) is 15.8. The SMILES string of the molecule is Cl.Cl.O=C(CCC1CCN(Cc2cc([N+](=O)[O-])cc([N+](=O)[O-])c2)CC1)c1ccc2c(c1)CN(Cc1ccccc1)CCO2.